The maximum atomic E-state index is 4.41. The lowest BCUT2D eigenvalue weighted by molar-refractivity contribution is 0.605. The predicted molar refractivity (Wildman–Crippen MR) is 64.3 cm³/mol. The highest BCUT2D eigenvalue weighted by atomic mass is 15.1. The van der Waals surface area contributed by atoms with Crippen LogP contribution >= 0.6 is 0 Å². The van der Waals surface area contributed by atoms with E-state index in [-0.39, 0.29) is 0 Å². The van der Waals surface area contributed by atoms with Gasteiger partial charge in [0.2, 0.25) is 0 Å². The molecular formula is C13H15N3. The molecule has 0 spiro atoms. The van der Waals surface area contributed by atoms with E-state index in [0.717, 1.165) is 18.7 Å². The predicted octanol–water partition coefficient (Wildman–Crippen LogP) is 2.52. The molecule has 0 fully saturated rings. The summed E-state index contributed by atoms with van der Waals surface area (Å²) < 4.78 is 2.09. The Morgan fingerprint density at radius 3 is 3.06 bits per heavy atom. The average molecular weight is 213 g/mol. The van der Waals surface area contributed by atoms with E-state index in [4.69, 9.17) is 0 Å². The third kappa shape index (κ3) is 1.48. The molecule has 2 aromatic rings. The average Bonchev–Trinajstić information content (AvgIpc) is 2.75. The molecule has 0 aliphatic carbocycles. The summed E-state index contributed by atoms with van der Waals surface area (Å²) in [6.45, 7) is 0. The van der Waals surface area contributed by atoms with Crippen molar-refractivity contribution in [2.45, 2.75) is 18.9 Å². The van der Waals surface area contributed by atoms with Gasteiger partial charge in [-0.25, -0.2) is 4.98 Å². The van der Waals surface area contributed by atoms with Crippen molar-refractivity contribution < 1.29 is 0 Å². The van der Waals surface area contributed by atoms with Gasteiger partial charge in [-0.1, -0.05) is 18.2 Å². The standard InChI is InChI=1S/C13H15N3/c1-16-9-8-14-13(16)12-7-6-10-4-2-3-5-11(10)15-12/h2-5,8-9,12,15H,6-7H2,1H3. The molecular weight excluding hydrogens is 198 g/mol. The Morgan fingerprint density at radius 2 is 2.25 bits per heavy atom. The summed E-state index contributed by atoms with van der Waals surface area (Å²) in [5, 5.41) is 3.56. The van der Waals surface area contributed by atoms with E-state index in [2.05, 4.69) is 39.1 Å². The molecule has 82 valence electrons. The Bertz CT molecular complexity index is 501. The molecule has 2 heterocycles. The molecule has 3 rings (SSSR count). The van der Waals surface area contributed by atoms with Crippen LogP contribution in [0.15, 0.2) is 36.7 Å². The molecule has 0 amide bonds. The lowest BCUT2D eigenvalue weighted by atomic mass is 9.98. The van der Waals surface area contributed by atoms with Crippen molar-refractivity contribution >= 4 is 5.69 Å². The summed E-state index contributed by atoms with van der Waals surface area (Å²) >= 11 is 0. The van der Waals surface area contributed by atoms with Crippen LogP contribution < -0.4 is 5.32 Å². The minimum Gasteiger partial charge on any atom is -0.375 e. The van der Waals surface area contributed by atoms with Gasteiger partial charge in [-0.15, -0.1) is 0 Å². The van der Waals surface area contributed by atoms with Gasteiger partial charge >= 0.3 is 0 Å². The summed E-state index contributed by atoms with van der Waals surface area (Å²) in [5.41, 5.74) is 2.66. The molecule has 1 unspecified atom stereocenters. The largest absolute Gasteiger partial charge is 0.375 e. The van der Waals surface area contributed by atoms with Crippen LogP contribution in [0.4, 0.5) is 5.69 Å². The maximum Gasteiger partial charge on any atom is 0.130 e. The van der Waals surface area contributed by atoms with E-state index in [1.165, 1.54) is 11.3 Å². The van der Waals surface area contributed by atoms with Gasteiger partial charge < -0.3 is 9.88 Å². The number of aryl methyl sites for hydroxylation is 2. The van der Waals surface area contributed by atoms with Crippen molar-refractivity contribution in [3.63, 3.8) is 0 Å². The molecule has 1 aliphatic heterocycles. The van der Waals surface area contributed by atoms with Gasteiger partial charge in [0.15, 0.2) is 0 Å². The number of nitrogens with zero attached hydrogens (tertiary/aromatic N) is 2. The highest BCUT2D eigenvalue weighted by molar-refractivity contribution is 5.54. The maximum absolute atomic E-state index is 4.41. The second-order valence-electron chi connectivity index (χ2n) is 4.29. The summed E-state index contributed by atoms with van der Waals surface area (Å²) in [5.74, 6) is 1.12. The molecule has 1 N–H and O–H groups in total. The Morgan fingerprint density at radius 1 is 1.38 bits per heavy atom. The van der Waals surface area contributed by atoms with Crippen LogP contribution in [0.25, 0.3) is 0 Å². The topological polar surface area (TPSA) is 29.9 Å². The smallest absolute Gasteiger partial charge is 0.130 e. The SMILES string of the molecule is Cn1ccnc1C1CCc2ccccc2N1. The van der Waals surface area contributed by atoms with Crippen LogP contribution in [0.1, 0.15) is 23.9 Å². The van der Waals surface area contributed by atoms with E-state index >= 15 is 0 Å². The number of aromatic nitrogens is 2. The number of hydrogen-bond acceptors (Lipinski definition) is 2. The third-order valence-corrected chi connectivity index (χ3v) is 3.22. The molecule has 1 aliphatic rings. The van der Waals surface area contributed by atoms with Gasteiger partial charge in [-0.05, 0) is 24.5 Å². The number of nitrogens with one attached hydrogen (secondary N) is 1. The molecule has 1 atom stereocenters. The van der Waals surface area contributed by atoms with Crippen molar-refractivity contribution in [3.05, 3.63) is 48.0 Å². The number of imidazole rings is 1. The Kier molecular flexibility index (Phi) is 2.17. The van der Waals surface area contributed by atoms with Gasteiger partial charge in [0.25, 0.3) is 0 Å². The Labute approximate surface area is 95.1 Å². The summed E-state index contributed by atoms with van der Waals surface area (Å²) in [4.78, 5) is 4.41. The highest BCUT2D eigenvalue weighted by Gasteiger charge is 2.21. The molecule has 0 bridgehead atoms. The first-order valence-electron chi connectivity index (χ1n) is 5.66. The fourth-order valence-electron chi connectivity index (χ4n) is 2.35. The first-order chi connectivity index (χ1) is 7.84. The lowest BCUT2D eigenvalue weighted by Crippen LogP contribution is -2.20. The van der Waals surface area contributed by atoms with E-state index < -0.39 is 0 Å². The zero-order chi connectivity index (χ0) is 11.0. The summed E-state index contributed by atoms with van der Waals surface area (Å²) in [6, 6.07) is 8.85. The van der Waals surface area contributed by atoms with E-state index in [1.807, 2.05) is 19.4 Å². The Hall–Kier alpha value is -1.77. The number of para-hydroxylation sites is 1. The van der Waals surface area contributed by atoms with Crippen molar-refractivity contribution in [1.29, 1.82) is 0 Å². The second-order valence-corrected chi connectivity index (χ2v) is 4.29. The van der Waals surface area contributed by atoms with Crippen molar-refractivity contribution in [2.75, 3.05) is 5.32 Å². The third-order valence-electron chi connectivity index (χ3n) is 3.22. The lowest BCUT2D eigenvalue weighted by Gasteiger charge is -2.26. The van der Waals surface area contributed by atoms with Gasteiger partial charge in [0, 0.05) is 25.1 Å². The zero-order valence-electron chi connectivity index (χ0n) is 9.35. The molecule has 0 saturated heterocycles. The van der Waals surface area contributed by atoms with Crippen LogP contribution in [0.5, 0.6) is 0 Å². The fraction of sp³-hybridized carbons (Fsp3) is 0.308. The van der Waals surface area contributed by atoms with Crippen molar-refractivity contribution in [2.24, 2.45) is 7.05 Å². The second kappa shape index (κ2) is 3.67. The number of fused-ring (bicyclic) bond motifs is 1. The first-order valence-corrected chi connectivity index (χ1v) is 5.66. The van der Waals surface area contributed by atoms with Crippen LogP contribution in [0.3, 0.4) is 0 Å². The van der Waals surface area contributed by atoms with Crippen LogP contribution in [0, 0.1) is 0 Å². The van der Waals surface area contributed by atoms with Gasteiger partial charge in [-0.2, -0.15) is 0 Å². The molecule has 1 aromatic carbocycles. The van der Waals surface area contributed by atoms with Crippen LogP contribution in [0.2, 0.25) is 0 Å². The quantitative estimate of drug-likeness (QED) is 0.788. The van der Waals surface area contributed by atoms with E-state index in [9.17, 15) is 0 Å². The van der Waals surface area contributed by atoms with Gasteiger partial charge in [0.1, 0.15) is 5.82 Å². The number of anilines is 1. The highest BCUT2D eigenvalue weighted by Crippen LogP contribution is 2.31. The molecule has 16 heavy (non-hydrogen) atoms. The Balaban J connectivity index is 1.91. The number of rotatable bonds is 1. The van der Waals surface area contributed by atoms with Gasteiger partial charge in [0.05, 0.1) is 6.04 Å². The minimum atomic E-state index is 0.342. The molecule has 0 saturated carbocycles. The zero-order valence-corrected chi connectivity index (χ0v) is 9.35. The van der Waals surface area contributed by atoms with Gasteiger partial charge in [-0.3, -0.25) is 0 Å². The van der Waals surface area contributed by atoms with Crippen LogP contribution in [-0.4, -0.2) is 9.55 Å². The minimum absolute atomic E-state index is 0.342. The normalized spacial score (nSPS) is 18.9. The molecule has 1 aromatic heterocycles. The number of hydrogen-bond donors (Lipinski definition) is 1. The number of benzene rings is 1. The molecule has 3 heteroatoms. The van der Waals surface area contributed by atoms with Crippen molar-refractivity contribution in [1.82, 2.24) is 9.55 Å². The van der Waals surface area contributed by atoms with Crippen LogP contribution in [-0.2, 0) is 13.5 Å². The molecule has 3 nitrogen and oxygen atoms in total. The van der Waals surface area contributed by atoms with E-state index in [0.29, 0.717) is 6.04 Å². The summed E-state index contributed by atoms with van der Waals surface area (Å²) in [7, 11) is 2.05. The molecule has 0 radical (unpaired) electrons. The fourth-order valence-corrected chi connectivity index (χ4v) is 2.35. The monoisotopic (exact) mass is 213 g/mol. The van der Waals surface area contributed by atoms with Crippen molar-refractivity contribution in [3.8, 4) is 0 Å². The first kappa shape index (κ1) is 9.46. The summed E-state index contributed by atoms with van der Waals surface area (Å²) in [6.07, 6.45) is 6.09. The van der Waals surface area contributed by atoms with E-state index in [1.54, 1.807) is 0 Å².